The van der Waals surface area contributed by atoms with Crippen molar-refractivity contribution in [1.82, 2.24) is 0 Å². The van der Waals surface area contributed by atoms with Gasteiger partial charge in [0, 0.05) is 12.4 Å². The first-order chi connectivity index (χ1) is 6.27. The van der Waals surface area contributed by atoms with E-state index in [2.05, 4.69) is 16.6 Å². The first-order valence-electron chi connectivity index (χ1n) is 3.47. The van der Waals surface area contributed by atoms with E-state index >= 15 is 0 Å². The van der Waals surface area contributed by atoms with Crippen molar-refractivity contribution >= 4 is 22.5 Å². The summed E-state index contributed by atoms with van der Waals surface area (Å²) in [6.45, 7) is 1.67. The Hall–Kier alpha value is -0.280. The Morgan fingerprint density at radius 1 is 1.36 bits per heavy atom. The Morgan fingerprint density at radius 2 is 1.79 bits per heavy atom. The fourth-order valence-electron chi connectivity index (χ4n) is 0.507. The number of unbranched alkanes of at least 4 members (excludes halogenated alkanes) is 1. The van der Waals surface area contributed by atoms with E-state index in [0.717, 1.165) is 0 Å². The van der Waals surface area contributed by atoms with E-state index in [4.69, 9.17) is 4.78 Å². The summed E-state index contributed by atoms with van der Waals surface area (Å²) in [5, 5.41) is 0. The maximum atomic E-state index is 11.4. The quantitative estimate of drug-likeness (QED) is 0.777. The smallest absolute Gasteiger partial charge is 0.235 e. The van der Waals surface area contributed by atoms with Gasteiger partial charge >= 0.3 is 6.36 Å². The highest BCUT2D eigenvalue weighted by molar-refractivity contribution is 7.86. The van der Waals surface area contributed by atoms with Crippen LogP contribution in [0.3, 0.4) is 0 Å². The molecule has 0 aromatic heterocycles. The molecule has 0 aromatic rings. The Kier molecular flexibility index (Phi) is 8.16. The molecule has 0 unspecified atom stereocenters. The summed E-state index contributed by atoms with van der Waals surface area (Å²) in [7, 11) is -4.43. The van der Waals surface area contributed by atoms with Crippen LogP contribution in [0.1, 0.15) is 19.8 Å². The summed E-state index contributed by atoms with van der Waals surface area (Å²) in [5.41, 5.74) is 0. The molecule has 0 fully saturated rings. The minimum absolute atomic E-state index is 0.165. The number of halogens is 3. The molecule has 0 radical (unpaired) electrons. The fraction of sp³-hybridized carbons (Fsp3) is 1.00. The average molecular weight is 253 g/mol. The third-order valence-corrected chi connectivity index (χ3v) is 2.20. The maximum Gasteiger partial charge on any atom is 0.537 e. The van der Waals surface area contributed by atoms with Crippen molar-refractivity contribution in [2.75, 3.05) is 5.75 Å². The van der Waals surface area contributed by atoms with Crippen LogP contribution >= 0.6 is 0 Å². The first-order valence-corrected chi connectivity index (χ1v) is 5.46. The highest BCUT2D eigenvalue weighted by Gasteiger charge is 2.36. The number of nitrogens with one attached hydrogen (secondary N) is 1. The van der Waals surface area contributed by atoms with Gasteiger partial charge in [0.25, 0.3) is 10.1 Å². The zero-order valence-electron chi connectivity index (χ0n) is 7.30. The van der Waals surface area contributed by atoms with E-state index in [9.17, 15) is 21.6 Å². The van der Waals surface area contributed by atoms with Gasteiger partial charge in [-0.15, -0.1) is 13.2 Å². The molecule has 0 bridgehead atoms. The molecular weight excluding hydrogens is 243 g/mol. The summed E-state index contributed by atoms with van der Waals surface area (Å²) in [6.07, 6.45) is -4.44. The van der Waals surface area contributed by atoms with Crippen LogP contribution in [0.4, 0.5) is 13.2 Å². The molecule has 0 aliphatic carbocycles. The number of hydrogen-bond acceptors (Lipinski definition) is 5. The number of rotatable bonds is 4. The highest BCUT2D eigenvalue weighted by Crippen LogP contribution is 2.20. The lowest BCUT2D eigenvalue weighted by Gasteiger charge is -2.06. The normalized spacial score (nSPS) is 11.7. The molecule has 0 spiro atoms. The van der Waals surface area contributed by atoms with E-state index in [0.29, 0.717) is 6.42 Å². The van der Waals surface area contributed by atoms with Gasteiger partial charge in [-0.05, 0) is 6.42 Å². The molecule has 0 rings (SSSR count). The highest BCUT2D eigenvalue weighted by atomic mass is 32.2. The minimum Gasteiger partial charge on any atom is -0.235 e. The van der Waals surface area contributed by atoms with Crippen LogP contribution in [0.25, 0.3) is 0 Å². The Morgan fingerprint density at radius 3 is 2.07 bits per heavy atom. The monoisotopic (exact) mass is 253 g/mol. The first kappa shape index (κ1) is 16.2. The molecule has 0 amide bonds. The van der Waals surface area contributed by atoms with E-state index in [1.54, 1.807) is 6.92 Å². The van der Waals surface area contributed by atoms with Crippen LogP contribution in [0.5, 0.6) is 0 Å². The largest absolute Gasteiger partial charge is 0.537 e. The SMILES string of the molecule is CCCCS(=O)(=O)OC(F)(F)F.N=S. The molecule has 86 valence electrons. The number of hydrogen-bond donors (Lipinski definition) is 1. The van der Waals surface area contributed by atoms with Crippen LogP contribution in [-0.4, -0.2) is 20.5 Å². The Balaban J connectivity index is 0. The van der Waals surface area contributed by atoms with Crippen molar-refractivity contribution < 1.29 is 25.8 Å². The van der Waals surface area contributed by atoms with Gasteiger partial charge in [0.15, 0.2) is 0 Å². The zero-order chi connectivity index (χ0) is 11.8. The van der Waals surface area contributed by atoms with Crippen LogP contribution in [0, 0.1) is 4.78 Å². The number of alkyl halides is 3. The molecule has 14 heavy (non-hydrogen) atoms. The molecule has 0 atom stereocenters. The Bertz CT molecular complexity index is 239. The Labute approximate surface area is 85.5 Å². The van der Waals surface area contributed by atoms with Gasteiger partial charge < -0.3 is 0 Å². The van der Waals surface area contributed by atoms with Crippen LogP contribution in [0.15, 0.2) is 0 Å². The molecule has 0 aliphatic rings. The summed E-state index contributed by atoms with van der Waals surface area (Å²) in [4.78, 5) is 0. The van der Waals surface area contributed by atoms with Crippen LogP contribution in [0.2, 0.25) is 0 Å². The van der Waals surface area contributed by atoms with Crippen molar-refractivity contribution in [2.45, 2.75) is 26.1 Å². The summed E-state index contributed by atoms with van der Waals surface area (Å²) in [5.74, 6) is -0.594. The summed E-state index contributed by atoms with van der Waals surface area (Å²) < 4.78 is 63.3. The third-order valence-electron chi connectivity index (χ3n) is 0.969. The maximum absolute atomic E-state index is 11.4. The van der Waals surface area contributed by atoms with E-state index in [-0.39, 0.29) is 6.42 Å². The summed E-state index contributed by atoms with van der Waals surface area (Å²) >= 11 is 3.33. The van der Waals surface area contributed by atoms with Gasteiger partial charge in [-0.3, -0.25) is 0 Å². The van der Waals surface area contributed by atoms with E-state index in [1.807, 2.05) is 0 Å². The minimum atomic E-state index is -5.10. The molecular formula is C5H10F3NO3S2. The lowest BCUT2D eigenvalue weighted by atomic mass is 10.4. The van der Waals surface area contributed by atoms with Crippen molar-refractivity contribution in [2.24, 2.45) is 0 Å². The standard InChI is InChI=1S/C5H9F3O3S.HNS/c1-2-3-4-12(9,10)11-5(6,7)8;1-2/h2-4H2,1H3;1H. The molecule has 0 heterocycles. The topological polar surface area (TPSA) is 67.2 Å². The summed E-state index contributed by atoms with van der Waals surface area (Å²) in [6, 6.07) is 0. The van der Waals surface area contributed by atoms with E-state index in [1.165, 1.54) is 0 Å². The van der Waals surface area contributed by atoms with Gasteiger partial charge in [-0.1, -0.05) is 13.3 Å². The third kappa shape index (κ3) is 11.7. The lowest BCUT2D eigenvalue weighted by Crippen LogP contribution is -2.21. The predicted octanol–water partition coefficient (Wildman–Crippen LogP) is 1.95. The predicted molar refractivity (Wildman–Crippen MR) is 45.9 cm³/mol. The van der Waals surface area contributed by atoms with Gasteiger partial charge in [0.2, 0.25) is 0 Å². The van der Waals surface area contributed by atoms with Gasteiger partial charge in [0.05, 0.1) is 5.75 Å². The average Bonchev–Trinajstić information content (AvgIpc) is 2.00. The van der Waals surface area contributed by atoms with Gasteiger partial charge in [-0.25, -0.2) is 4.78 Å². The molecule has 1 N–H and O–H groups in total. The molecule has 4 nitrogen and oxygen atoms in total. The molecule has 0 saturated heterocycles. The molecule has 0 saturated carbocycles. The van der Waals surface area contributed by atoms with Crippen molar-refractivity contribution in [3.8, 4) is 0 Å². The van der Waals surface area contributed by atoms with Crippen LogP contribution < -0.4 is 0 Å². The lowest BCUT2D eigenvalue weighted by molar-refractivity contribution is -0.271. The van der Waals surface area contributed by atoms with Crippen LogP contribution in [-0.2, 0) is 26.7 Å². The van der Waals surface area contributed by atoms with Gasteiger partial charge in [-0.2, -0.15) is 12.6 Å². The van der Waals surface area contributed by atoms with E-state index < -0.39 is 22.2 Å². The van der Waals surface area contributed by atoms with Gasteiger partial charge in [0.1, 0.15) is 0 Å². The molecule has 0 aromatic carbocycles. The fourth-order valence-corrected chi connectivity index (χ4v) is 1.52. The van der Waals surface area contributed by atoms with Crippen molar-refractivity contribution in [1.29, 1.82) is 4.78 Å². The molecule has 9 heteroatoms. The molecule has 0 aliphatic heterocycles. The zero-order valence-corrected chi connectivity index (χ0v) is 8.93. The second-order valence-electron chi connectivity index (χ2n) is 2.14. The second kappa shape index (κ2) is 7.07. The second-order valence-corrected chi connectivity index (χ2v) is 3.83. The van der Waals surface area contributed by atoms with Crippen molar-refractivity contribution in [3.05, 3.63) is 0 Å². The van der Waals surface area contributed by atoms with Crippen molar-refractivity contribution in [3.63, 3.8) is 0 Å².